The molecule has 1 aliphatic heterocycles. The predicted octanol–water partition coefficient (Wildman–Crippen LogP) is 3.48. The summed E-state index contributed by atoms with van der Waals surface area (Å²) in [6.45, 7) is 2.18. The lowest BCUT2D eigenvalue weighted by molar-refractivity contribution is -0.137. The van der Waals surface area contributed by atoms with E-state index in [4.69, 9.17) is 21.4 Å². The maximum absolute atomic E-state index is 13.0. The Kier molecular flexibility index (Phi) is 5.60. The number of carbonyl (C=O) groups is 2. The molecule has 0 radical (unpaired) electrons. The first-order chi connectivity index (χ1) is 12.4. The van der Waals surface area contributed by atoms with Crippen molar-refractivity contribution in [3.63, 3.8) is 0 Å². The van der Waals surface area contributed by atoms with E-state index < -0.39 is 5.97 Å². The molecule has 0 aliphatic carbocycles. The summed E-state index contributed by atoms with van der Waals surface area (Å²) >= 11 is 7.23. The van der Waals surface area contributed by atoms with Crippen molar-refractivity contribution in [1.82, 2.24) is 9.88 Å². The van der Waals surface area contributed by atoms with E-state index in [1.165, 1.54) is 11.3 Å². The molecule has 8 heteroatoms. The lowest BCUT2D eigenvalue weighted by atomic mass is 10.1. The smallest absolute Gasteiger partial charge is 0.305 e. The fourth-order valence-corrected chi connectivity index (χ4v) is 4.28. The number of likely N-dealkylation sites (tertiary alicyclic amines) is 1. The third-order valence-electron chi connectivity index (χ3n) is 4.46. The number of halogens is 1. The summed E-state index contributed by atoms with van der Waals surface area (Å²) in [7, 11) is 1.58. The third-order valence-corrected chi connectivity index (χ3v) is 5.91. The molecule has 1 aromatic carbocycles. The molecule has 0 saturated carbocycles. The van der Waals surface area contributed by atoms with Crippen molar-refractivity contribution < 1.29 is 19.4 Å². The van der Waals surface area contributed by atoms with Gasteiger partial charge in [-0.25, -0.2) is 4.98 Å². The second-order valence-electron chi connectivity index (χ2n) is 6.24. The molecule has 1 amide bonds. The monoisotopic (exact) mass is 394 g/mol. The van der Waals surface area contributed by atoms with Crippen LogP contribution in [0.3, 0.4) is 0 Å². The molecule has 2 unspecified atom stereocenters. The van der Waals surface area contributed by atoms with Crippen LogP contribution < -0.4 is 0 Å². The van der Waals surface area contributed by atoms with Crippen LogP contribution in [0.4, 0.5) is 0 Å². The van der Waals surface area contributed by atoms with E-state index in [0.29, 0.717) is 28.6 Å². The fraction of sp³-hybridized carbons (Fsp3) is 0.389. The Morgan fingerprint density at radius 3 is 2.69 bits per heavy atom. The Balaban J connectivity index is 1.87. The topological polar surface area (TPSA) is 79.7 Å². The van der Waals surface area contributed by atoms with Crippen molar-refractivity contribution in [2.24, 2.45) is 0 Å². The Bertz CT molecular complexity index is 821. The molecule has 2 atom stereocenters. The molecular weight excluding hydrogens is 376 g/mol. The summed E-state index contributed by atoms with van der Waals surface area (Å²) in [6.07, 6.45) is 0.288. The molecule has 1 N–H and O–H groups in total. The number of thiazole rings is 1. The number of carboxylic acid groups (broad SMARTS) is 1. The second kappa shape index (κ2) is 7.73. The maximum Gasteiger partial charge on any atom is 0.305 e. The van der Waals surface area contributed by atoms with Gasteiger partial charge in [-0.3, -0.25) is 9.59 Å². The molecule has 0 bridgehead atoms. The van der Waals surface area contributed by atoms with Gasteiger partial charge in [0, 0.05) is 30.3 Å². The highest BCUT2D eigenvalue weighted by molar-refractivity contribution is 7.17. The number of methoxy groups -OCH3 is 1. The van der Waals surface area contributed by atoms with Crippen LogP contribution in [-0.2, 0) is 9.53 Å². The van der Waals surface area contributed by atoms with E-state index in [9.17, 15) is 9.59 Å². The summed E-state index contributed by atoms with van der Waals surface area (Å²) in [5.41, 5.74) is 1.53. The van der Waals surface area contributed by atoms with Gasteiger partial charge in [0.2, 0.25) is 0 Å². The van der Waals surface area contributed by atoms with Crippen LogP contribution in [0.15, 0.2) is 24.3 Å². The van der Waals surface area contributed by atoms with Crippen molar-refractivity contribution in [2.45, 2.75) is 31.9 Å². The number of hydrogen-bond donors (Lipinski definition) is 1. The van der Waals surface area contributed by atoms with E-state index in [1.807, 2.05) is 12.1 Å². The van der Waals surface area contributed by atoms with E-state index in [0.717, 1.165) is 10.6 Å². The number of carboxylic acids is 1. The Morgan fingerprint density at radius 1 is 1.38 bits per heavy atom. The summed E-state index contributed by atoms with van der Waals surface area (Å²) in [6, 6.07) is 6.91. The van der Waals surface area contributed by atoms with Crippen LogP contribution in [0.25, 0.3) is 10.6 Å². The first kappa shape index (κ1) is 18.8. The summed E-state index contributed by atoms with van der Waals surface area (Å²) in [5, 5.41) is 10.5. The minimum atomic E-state index is -0.924. The molecule has 1 saturated heterocycles. The molecule has 6 nitrogen and oxygen atoms in total. The van der Waals surface area contributed by atoms with Crippen LogP contribution >= 0.6 is 22.9 Å². The van der Waals surface area contributed by atoms with Crippen molar-refractivity contribution in [3.05, 3.63) is 39.9 Å². The number of aliphatic carboxylic acids is 1. The van der Waals surface area contributed by atoms with Crippen molar-refractivity contribution >= 4 is 34.8 Å². The van der Waals surface area contributed by atoms with E-state index in [1.54, 1.807) is 31.1 Å². The lowest BCUT2D eigenvalue weighted by Gasteiger charge is -2.22. The van der Waals surface area contributed by atoms with Crippen molar-refractivity contribution in [3.8, 4) is 10.6 Å². The minimum absolute atomic E-state index is 0.0898. The minimum Gasteiger partial charge on any atom is -0.481 e. The molecule has 1 aromatic heterocycles. The summed E-state index contributed by atoms with van der Waals surface area (Å²) in [4.78, 5) is 30.8. The maximum atomic E-state index is 13.0. The van der Waals surface area contributed by atoms with Gasteiger partial charge in [-0.2, -0.15) is 0 Å². The van der Waals surface area contributed by atoms with Crippen molar-refractivity contribution in [1.29, 1.82) is 0 Å². The average Bonchev–Trinajstić information content (AvgIpc) is 3.18. The first-order valence-electron chi connectivity index (χ1n) is 8.18. The highest BCUT2D eigenvalue weighted by atomic mass is 35.5. The van der Waals surface area contributed by atoms with Crippen LogP contribution in [0, 0.1) is 6.92 Å². The molecule has 1 aliphatic rings. The van der Waals surface area contributed by atoms with Gasteiger partial charge in [0.05, 0.1) is 18.2 Å². The Morgan fingerprint density at radius 2 is 2.08 bits per heavy atom. The van der Waals surface area contributed by atoms with Gasteiger partial charge in [-0.1, -0.05) is 23.7 Å². The number of aromatic nitrogens is 1. The molecule has 26 heavy (non-hydrogen) atoms. The number of rotatable bonds is 5. The zero-order valence-electron chi connectivity index (χ0n) is 14.4. The van der Waals surface area contributed by atoms with Gasteiger partial charge in [-0.15, -0.1) is 11.3 Å². The zero-order chi connectivity index (χ0) is 18.8. The standard InChI is InChI=1S/C18H19ClN2O4S/c1-10-16(26-17(20-10)11-3-5-12(19)6-4-11)18(24)21-9-14(25-2)7-13(21)8-15(22)23/h3-6,13-14H,7-9H2,1-2H3,(H,22,23). The third kappa shape index (κ3) is 3.90. The SMILES string of the molecule is COC1CC(CC(=O)O)N(C(=O)c2sc(-c3ccc(Cl)cc3)nc2C)C1. The molecule has 1 fully saturated rings. The molecule has 3 rings (SSSR count). The largest absolute Gasteiger partial charge is 0.481 e. The molecule has 2 heterocycles. The summed E-state index contributed by atoms with van der Waals surface area (Å²) in [5.74, 6) is -1.11. The van der Waals surface area contributed by atoms with Crippen LogP contribution in [-0.4, -0.2) is 52.7 Å². The van der Waals surface area contributed by atoms with E-state index in [2.05, 4.69) is 4.98 Å². The lowest BCUT2D eigenvalue weighted by Crippen LogP contribution is -2.37. The molecule has 2 aromatic rings. The van der Waals surface area contributed by atoms with Gasteiger partial charge in [0.25, 0.3) is 5.91 Å². The van der Waals surface area contributed by atoms with Crippen LogP contribution in [0.5, 0.6) is 0 Å². The average molecular weight is 395 g/mol. The van der Waals surface area contributed by atoms with E-state index in [-0.39, 0.29) is 24.5 Å². The van der Waals surface area contributed by atoms with Crippen molar-refractivity contribution in [2.75, 3.05) is 13.7 Å². The van der Waals surface area contributed by atoms with Gasteiger partial charge in [0.15, 0.2) is 0 Å². The van der Waals surface area contributed by atoms with Gasteiger partial charge < -0.3 is 14.7 Å². The quantitative estimate of drug-likeness (QED) is 0.839. The first-order valence-corrected chi connectivity index (χ1v) is 9.37. The molecule has 0 spiro atoms. The highest BCUT2D eigenvalue weighted by Crippen LogP contribution is 2.32. The number of amides is 1. The summed E-state index contributed by atoms with van der Waals surface area (Å²) < 4.78 is 5.34. The Hall–Kier alpha value is -1.96. The normalized spacial score (nSPS) is 19.7. The number of benzene rings is 1. The number of aryl methyl sites for hydroxylation is 1. The van der Waals surface area contributed by atoms with Gasteiger partial charge >= 0.3 is 5.97 Å². The number of ether oxygens (including phenoxy) is 1. The van der Waals surface area contributed by atoms with Gasteiger partial charge in [-0.05, 0) is 25.5 Å². The zero-order valence-corrected chi connectivity index (χ0v) is 16.0. The molecule has 138 valence electrons. The second-order valence-corrected chi connectivity index (χ2v) is 7.68. The fourth-order valence-electron chi connectivity index (χ4n) is 3.13. The molecular formula is C18H19ClN2O4S. The number of hydrogen-bond acceptors (Lipinski definition) is 5. The van der Waals surface area contributed by atoms with Crippen LogP contribution in [0.1, 0.15) is 28.2 Å². The number of nitrogens with zero attached hydrogens (tertiary/aromatic N) is 2. The van der Waals surface area contributed by atoms with E-state index >= 15 is 0 Å². The Labute approximate surface area is 160 Å². The van der Waals surface area contributed by atoms with Gasteiger partial charge in [0.1, 0.15) is 9.88 Å². The predicted molar refractivity (Wildman–Crippen MR) is 99.8 cm³/mol. The van der Waals surface area contributed by atoms with Crippen LogP contribution in [0.2, 0.25) is 5.02 Å². The number of carbonyl (C=O) groups excluding carboxylic acids is 1. The highest BCUT2D eigenvalue weighted by Gasteiger charge is 2.38.